The first-order valence-corrected chi connectivity index (χ1v) is 5.06. The van der Waals surface area contributed by atoms with Crippen LogP contribution in [-0.2, 0) is 9.59 Å². The highest BCUT2D eigenvalue weighted by Crippen LogP contribution is 1.98. The molecule has 8 nitrogen and oxygen atoms in total. The number of β-amino-alcohol motifs (C(OH)–C–C–N with tert-alkyl or cyclic N) is 1. The summed E-state index contributed by atoms with van der Waals surface area (Å²) in [6, 6.07) is 0. The third-order valence-corrected chi connectivity index (χ3v) is 2.08. The first-order chi connectivity index (χ1) is 7.86. The van der Waals surface area contributed by atoms with Gasteiger partial charge in [0.2, 0.25) is 0 Å². The zero-order valence-electron chi connectivity index (χ0n) is 9.11. The first-order valence-electron chi connectivity index (χ1n) is 5.06. The Morgan fingerprint density at radius 1 is 1.12 bits per heavy atom. The standard InChI is InChI=1S/C5H11NO.C4H6O6/c7-5-2-1-3-6-4-5;5-1(3(7)8)2(6)4(9)10/h5-7H,1-4H2;1-2,5-6H,(H,7,8)(H,9,10). The first kappa shape index (κ1) is 15.8. The normalized spacial score (nSPS) is 22.9. The molecule has 1 fully saturated rings. The Kier molecular flexibility index (Phi) is 7.39. The van der Waals surface area contributed by atoms with Gasteiger partial charge in [-0.15, -0.1) is 0 Å². The van der Waals surface area contributed by atoms with Gasteiger partial charge in [0.15, 0.2) is 12.2 Å². The van der Waals surface area contributed by atoms with Crippen molar-refractivity contribution in [1.82, 2.24) is 5.32 Å². The molecule has 6 N–H and O–H groups in total. The van der Waals surface area contributed by atoms with E-state index in [1.807, 2.05) is 0 Å². The number of aliphatic hydroxyl groups excluding tert-OH is 3. The smallest absolute Gasteiger partial charge is 0.335 e. The van der Waals surface area contributed by atoms with Gasteiger partial charge in [-0.2, -0.15) is 0 Å². The van der Waals surface area contributed by atoms with E-state index in [2.05, 4.69) is 5.32 Å². The highest BCUT2D eigenvalue weighted by atomic mass is 16.4. The second kappa shape index (κ2) is 7.96. The maximum absolute atomic E-state index is 9.77. The number of nitrogens with one attached hydrogen (secondary N) is 1. The Hall–Kier alpha value is -1.22. The summed E-state index contributed by atoms with van der Waals surface area (Å²) in [4.78, 5) is 19.5. The van der Waals surface area contributed by atoms with E-state index in [4.69, 9.17) is 25.5 Å². The van der Waals surface area contributed by atoms with Crippen LogP contribution in [0.2, 0.25) is 0 Å². The van der Waals surface area contributed by atoms with Crippen molar-refractivity contribution in [3.63, 3.8) is 0 Å². The van der Waals surface area contributed by atoms with E-state index >= 15 is 0 Å². The second-order valence-corrected chi connectivity index (χ2v) is 3.57. The molecule has 0 saturated carbocycles. The number of aliphatic carboxylic acids is 2. The number of carboxylic acid groups (broad SMARTS) is 2. The van der Waals surface area contributed by atoms with Crippen molar-refractivity contribution < 1.29 is 35.1 Å². The van der Waals surface area contributed by atoms with Gasteiger partial charge in [0.25, 0.3) is 0 Å². The summed E-state index contributed by atoms with van der Waals surface area (Å²) in [5.41, 5.74) is 0. The quantitative estimate of drug-likeness (QED) is 0.325. The van der Waals surface area contributed by atoms with Crippen molar-refractivity contribution in [1.29, 1.82) is 0 Å². The van der Waals surface area contributed by atoms with Gasteiger partial charge in [0.1, 0.15) is 0 Å². The Bertz CT molecular complexity index is 234. The van der Waals surface area contributed by atoms with Gasteiger partial charge >= 0.3 is 11.9 Å². The van der Waals surface area contributed by atoms with Crippen LogP contribution in [0.25, 0.3) is 0 Å². The predicted molar refractivity (Wildman–Crippen MR) is 55.4 cm³/mol. The lowest BCUT2D eigenvalue weighted by Gasteiger charge is -2.16. The number of piperidine rings is 1. The van der Waals surface area contributed by atoms with E-state index < -0.39 is 24.1 Å². The minimum Gasteiger partial charge on any atom is -0.479 e. The molecule has 1 aliphatic rings. The number of aliphatic hydroxyl groups is 3. The molecule has 0 aromatic rings. The summed E-state index contributed by atoms with van der Waals surface area (Å²) in [6.07, 6.45) is -2.50. The van der Waals surface area contributed by atoms with E-state index in [-0.39, 0.29) is 6.10 Å². The molecule has 3 unspecified atom stereocenters. The second-order valence-electron chi connectivity index (χ2n) is 3.57. The zero-order chi connectivity index (χ0) is 13.4. The van der Waals surface area contributed by atoms with Crippen molar-refractivity contribution in [2.24, 2.45) is 0 Å². The highest BCUT2D eigenvalue weighted by molar-refractivity contribution is 5.83. The fraction of sp³-hybridized carbons (Fsp3) is 0.778. The van der Waals surface area contributed by atoms with Crippen LogP contribution in [0.3, 0.4) is 0 Å². The van der Waals surface area contributed by atoms with E-state index in [0.717, 1.165) is 25.9 Å². The van der Waals surface area contributed by atoms with Gasteiger partial charge in [0.05, 0.1) is 6.10 Å². The summed E-state index contributed by atoms with van der Waals surface area (Å²) in [5, 5.41) is 44.5. The molecule has 1 aliphatic heterocycles. The van der Waals surface area contributed by atoms with Crippen LogP contribution in [0, 0.1) is 0 Å². The van der Waals surface area contributed by atoms with Crippen LogP contribution in [0.4, 0.5) is 0 Å². The van der Waals surface area contributed by atoms with E-state index in [1.54, 1.807) is 0 Å². The van der Waals surface area contributed by atoms with E-state index in [1.165, 1.54) is 0 Å². The lowest BCUT2D eigenvalue weighted by atomic mass is 10.1. The third kappa shape index (κ3) is 6.84. The molecule has 0 aromatic heterocycles. The van der Waals surface area contributed by atoms with Crippen molar-refractivity contribution in [2.45, 2.75) is 31.2 Å². The minimum absolute atomic E-state index is 0.0752. The van der Waals surface area contributed by atoms with Crippen LogP contribution in [0.15, 0.2) is 0 Å². The summed E-state index contributed by atoms with van der Waals surface area (Å²) in [6.45, 7) is 1.87. The minimum atomic E-state index is -2.27. The summed E-state index contributed by atoms with van der Waals surface area (Å²) in [7, 11) is 0. The maximum atomic E-state index is 9.77. The fourth-order valence-electron chi connectivity index (χ4n) is 1.10. The Morgan fingerprint density at radius 3 is 1.76 bits per heavy atom. The SMILES string of the molecule is O=C(O)C(O)C(O)C(=O)O.OC1CCCNC1. The summed E-state index contributed by atoms with van der Waals surface area (Å²) < 4.78 is 0. The monoisotopic (exact) mass is 251 g/mol. The van der Waals surface area contributed by atoms with Gasteiger partial charge in [-0.3, -0.25) is 0 Å². The lowest BCUT2D eigenvalue weighted by molar-refractivity contribution is -0.165. The van der Waals surface area contributed by atoms with Gasteiger partial charge in [-0.25, -0.2) is 9.59 Å². The molecule has 8 heteroatoms. The number of carboxylic acids is 2. The third-order valence-electron chi connectivity index (χ3n) is 2.08. The van der Waals surface area contributed by atoms with Crippen LogP contribution < -0.4 is 5.32 Å². The number of hydrogen-bond acceptors (Lipinski definition) is 6. The van der Waals surface area contributed by atoms with Crippen LogP contribution in [-0.4, -0.2) is 68.9 Å². The van der Waals surface area contributed by atoms with Crippen molar-refractivity contribution in [3.8, 4) is 0 Å². The molecule has 0 aliphatic carbocycles. The van der Waals surface area contributed by atoms with Gasteiger partial charge in [-0.1, -0.05) is 0 Å². The molecule has 0 spiro atoms. The molecule has 1 saturated heterocycles. The van der Waals surface area contributed by atoms with E-state index in [9.17, 15) is 9.59 Å². The molecule has 100 valence electrons. The van der Waals surface area contributed by atoms with Crippen molar-refractivity contribution in [3.05, 3.63) is 0 Å². The van der Waals surface area contributed by atoms with E-state index in [0.29, 0.717) is 0 Å². The van der Waals surface area contributed by atoms with Crippen molar-refractivity contribution in [2.75, 3.05) is 13.1 Å². The van der Waals surface area contributed by atoms with Gasteiger partial charge < -0.3 is 30.8 Å². The number of rotatable bonds is 3. The average molecular weight is 251 g/mol. The van der Waals surface area contributed by atoms with Gasteiger partial charge in [-0.05, 0) is 19.4 Å². The molecule has 1 heterocycles. The molecular formula is C9H17NO7. The molecule has 0 aromatic carbocycles. The number of hydrogen-bond donors (Lipinski definition) is 6. The predicted octanol–water partition coefficient (Wildman–Crippen LogP) is -2.39. The highest BCUT2D eigenvalue weighted by Gasteiger charge is 2.29. The molecule has 0 amide bonds. The summed E-state index contributed by atoms with van der Waals surface area (Å²) in [5.74, 6) is -3.54. The van der Waals surface area contributed by atoms with Crippen LogP contribution >= 0.6 is 0 Å². The Morgan fingerprint density at radius 2 is 1.59 bits per heavy atom. The zero-order valence-corrected chi connectivity index (χ0v) is 9.11. The average Bonchev–Trinajstić information content (AvgIpc) is 2.28. The number of carbonyl (C=O) groups is 2. The molecule has 17 heavy (non-hydrogen) atoms. The molecule has 0 bridgehead atoms. The molecule has 1 rings (SSSR count). The van der Waals surface area contributed by atoms with Crippen LogP contribution in [0.5, 0.6) is 0 Å². The Balaban J connectivity index is 0.000000318. The maximum Gasteiger partial charge on any atom is 0.335 e. The topological polar surface area (TPSA) is 147 Å². The van der Waals surface area contributed by atoms with Crippen molar-refractivity contribution >= 4 is 11.9 Å². The fourth-order valence-corrected chi connectivity index (χ4v) is 1.10. The van der Waals surface area contributed by atoms with Gasteiger partial charge in [0, 0.05) is 6.54 Å². The van der Waals surface area contributed by atoms with Crippen LogP contribution in [0.1, 0.15) is 12.8 Å². The Labute approximate surface area is 97.5 Å². The molecular weight excluding hydrogens is 234 g/mol. The molecule has 0 radical (unpaired) electrons. The lowest BCUT2D eigenvalue weighted by Crippen LogP contribution is -2.39. The molecule has 3 atom stereocenters. The largest absolute Gasteiger partial charge is 0.479 e. The summed E-state index contributed by atoms with van der Waals surface area (Å²) >= 11 is 0.